The Morgan fingerprint density at radius 3 is 2.55 bits per heavy atom. The van der Waals surface area contributed by atoms with E-state index in [1.165, 1.54) is 0 Å². The molecule has 2 aromatic rings. The van der Waals surface area contributed by atoms with E-state index in [2.05, 4.69) is 4.98 Å². The van der Waals surface area contributed by atoms with Gasteiger partial charge in [0, 0.05) is 36.2 Å². The Hall–Kier alpha value is -2.36. The van der Waals surface area contributed by atoms with Gasteiger partial charge in [0.15, 0.2) is 0 Å². The molecule has 2 N–H and O–H groups in total. The molecule has 0 atom stereocenters. The van der Waals surface area contributed by atoms with E-state index in [-0.39, 0.29) is 11.9 Å². The lowest BCUT2D eigenvalue weighted by molar-refractivity contribution is 0.0690. The molecule has 1 aromatic carbocycles. The van der Waals surface area contributed by atoms with E-state index in [9.17, 15) is 4.79 Å². The van der Waals surface area contributed by atoms with Gasteiger partial charge >= 0.3 is 0 Å². The van der Waals surface area contributed by atoms with Crippen LogP contribution in [-0.4, -0.2) is 21.8 Å². The molecule has 104 valence electrons. The van der Waals surface area contributed by atoms with Crippen LogP contribution in [0.15, 0.2) is 48.8 Å². The van der Waals surface area contributed by atoms with Gasteiger partial charge in [-0.15, -0.1) is 0 Å². The average molecular weight is 269 g/mol. The van der Waals surface area contributed by atoms with Gasteiger partial charge in [0.2, 0.25) is 0 Å². The molecule has 0 aliphatic heterocycles. The maximum Gasteiger partial charge on any atom is 0.254 e. The topological polar surface area (TPSA) is 59.2 Å². The van der Waals surface area contributed by atoms with Crippen molar-refractivity contribution in [2.45, 2.75) is 26.4 Å². The zero-order valence-corrected chi connectivity index (χ0v) is 11.8. The second-order valence-electron chi connectivity index (χ2n) is 5.01. The lowest BCUT2D eigenvalue weighted by Crippen LogP contribution is -2.36. The number of amides is 1. The molecule has 0 aliphatic rings. The minimum Gasteiger partial charge on any atom is -0.399 e. The first-order valence-electron chi connectivity index (χ1n) is 6.63. The fourth-order valence-electron chi connectivity index (χ4n) is 2.04. The van der Waals surface area contributed by atoms with Crippen molar-refractivity contribution in [3.8, 4) is 0 Å². The number of aromatic nitrogens is 1. The Morgan fingerprint density at radius 1 is 1.25 bits per heavy atom. The number of nitrogens with zero attached hydrogens (tertiary/aromatic N) is 2. The Kier molecular flexibility index (Phi) is 4.35. The van der Waals surface area contributed by atoms with E-state index >= 15 is 0 Å². The first-order chi connectivity index (χ1) is 9.58. The Labute approximate surface area is 119 Å². The van der Waals surface area contributed by atoms with Crippen molar-refractivity contribution >= 4 is 11.6 Å². The van der Waals surface area contributed by atoms with Crippen molar-refractivity contribution in [1.29, 1.82) is 0 Å². The monoisotopic (exact) mass is 269 g/mol. The van der Waals surface area contributed by atoms with E-state index in [0.29, 0.717) is 17.8 Å². The third-order valence-corrected chi connectivity index (χ3v) is 3.12. The van der Waals surface area contributed by atoms with E-state index in [0.717, 1.165) is 5.56 Å². The van der Waals surface area contributed by atoms with Crippen LogP contribution in [0.2, 0.25) is 0 Å². The Balaban J connectivity index is 2.22. The van der Waals surface area contributed by atoms with E-state index < -0.39 is 0 Å². The molecular formula is C16H19N3O. The molecular weight excluding hydrogens is 250 g/mol. The van der Waals surface area contributed by atoms with Crippen LogP contribution < -0.4 is 5.73 Å². The van der Waals surface area contributed by atoms with Crippen molar-refractivity contribution < 1.29 is 4.79 Å². The quantitative estimate of drug-likeness (QED) is 0.868. The number of rotatable bonds is 4. The predicted molar refractivity (Wildman–Crippen MR) is 80.1 cm³/mol. The highest BCUT2D eigenvalue weighted by atomic mass is 16.2. The number of carbonyl (C=O) groups excluding carboxylic acids is 1. The second-order valence-corrected chi connectivity index (χ2v) is 5.01. The highest BCUT2D eigenvalue weighted by Gasteiger charge is 2.18. The number of hydrogen-bond acceptors (Lipinski definition) is 3. The van der Waals surface area contributed by atoms with Crippen LogP contribution in [0.4, 0.5) is 5.69 Å². The first-order valence-corrected chi connectivity index (χ1v) is 6.63. The molecule has 0 fully saturated rings. The summed E-state index contributed by atoms with van der Waals surface area (Å²) in [6, 6.07) is 11.2. The second kappa shape index (κ2) is 6.19. The van der Waals surface area contributed by atoms with Crippen LogP contribution in [0.3, 0.4) is 0 Å². The van der Waals surface area contributed by atoms with Crippen LogP contribution in [0.5, 0.6) is 0 Å². The normalized spacial score (nSPS) is 10.6. The van der Waals surface area contributed by atoms with Crippen LogP contribution in [0.25, 0.3) is 0 Å². The summed E-state index contributed by atoms with van der Waals surface area (Å²) < 4.78 is 0. The van der Waals surface area contributed by atoms with Crippen molar-refractivity contribution in [2.24, 2.45) is 0 Å². The van der Waals surface area contributed by atoms with Crippen molar-refractivity contribution in [3.63, 3.8) is 0 Å². The van der Waals surface area contributed by atoms with Crippen LogP contribution in [0, 0.1) is 0 Å². The molecule has 2 rings (SSSR count). The zero-order chi connectivity index (χ0) is 14.5. The standard InChI is InChI=1S/C16H19N3O/c1-12(2)19(11-13-4-3-5-15(17)10-13)16(20)14-6-8-18-9-7-14/h3-10,12H,11,17H2,1-2H3. The number of benzene rings is 1. The van der Waals surface area contributed by atoms with Gasteiger partial charge < -0.3 is 10.6 Å². The summed E-state index contributed by atoms with van der Waals surface area (Å²) in [6.07, 6.45) is 3.26. The summed E-state index contributed by atoms with van der Waals surface area (Å²) in [7, 11) is 0. The highest BCUT2D eigenvalue weighted by molar-refractivity contribution is 5.94. The minimum atomic E-state index is 0.00447. The van der Waals surface area contributed by atoms with E-state index in [1.807, 2.05) is 43.0 Å². The molecule has 1 amide bonds. The van der Waals surface area contributed by atoms with Crippen molar-refractivity contribution in [2.75, 3.05) is 5.73 Å². The van der Waals surface area contributed by atoms with Gasteiger partial charge in [-0.1, -0.05) is 12.1 Å². The number of nitrogens with two attached hydrogens (primary N) is 1. The molecule has 20 heavy (non-hydrogen) atoms. The van der Waals surface area contributed by atoms with Gasteiger partial charge in [-0.05, 0) is 43.7 Å². The molecule has 0 saturated heterocycles. The number of nitrogen functional groups attached to an aromatic ring is 1. The molecule has 0 bridgehead atoms. The summed E-state index contributed by atoms with van der Waals surface area (Å²) in [5.41, 5.74) is 8.18. The van der Waals surface area contributed by atoms with Gasteiger partial charge in [-0.2, -0.15) is 0 Å². The molecule has 4 heteroatoms. The molecule has 0 saturated carbocycles. The minimum absolute atomic E-state index is 0.00447. The highest BCUT2D eigenvalue weighted by Crippen LogP contribution is 2.14. The summed E-state index contributed by atoms with van der Waals surface area (Å²) in [6.45, 7) is 4.56. The van der Waals surface area contributed by atoms with Crippen LogP contribution in [0.1, 0.15) is 29.8 Å². The number of pyridine rings is 1. The van der Waals surface area contributed by atoms with Gasteiger partial charge in [0.1, 0.15) is 0 Å². The molecule has 0 aliphatic carbocycles. The summed E-state index contributed by atoms with van der Waals surface area (Å²) in [4.78, 5) is 18.3. The predicted octanol–water partition coefficient (Wildman–Crippen LogP) is 2.71. The van der Waals surface area contributed by atoms with Crippen LogP contribution in [-0.2, 0) is 6.54 Å². The summed E-state index contributed by atoms with van der Waals surface area (Å²) >= 11 is 0. The van der Waals surface area contributed by atoms with Crippen molar-refractivity contribution in [1.82, 2.24) is 9.88 Å². The van der Waals surface area contributed by atoms with E-state index in [1.54, 1.807) is 24.5 Å². The van der Waals surface area contributed by atoms with Gasteiger partial charge in [-0.25, -0.2) is 0 Å². The fourth-order valence-corrected chi connectivity index (χ4v) is 2.04. The number of anilines is 1. The lowest BCUT2D eigenvalue weighted by Gasteiger charge is -2.27. The van der Waals surface area contributed by atoms with Gasteiger partial charge in [0.05, 0.1) is 0 Å². The fraction of sp³-hybridized carbons (Fsp3) is 0.250. The zero-order valence-electron chi connectivity index (χ0n) is 11.8. The van der Waals surface area contributed by atoms with Gasteiger partial charge in [-0.3, -0.25) is 9.78 Å². The maximum absolute atomic E-state index is 12.5. The third-order valence-electron chi connectivity index (χ3n) is 3.12. The Morgan fingerprint density at radius 2 is 1.95 bits per heavy atom. The third kappa shape index (κ3) is 3.35. The summed E-state index contributed by atoms with van der Waals surface area (Å²) in [5.74, 6) is 0.00447. The molecule has 0 unspecified atom stereocenters. The number of carbonyl (C=O) groups is 1. The Bertz CT molecular complexity index is 581. The molecule has 4 nitrogen and oxygen atoms in total. The van der Waals surface area contributed by atoms with Gasteiger partial charge in [0.25, 0.3) is 5.91 Å². The molecule has 1 heterocycles. The molecule has 0 spiro atoms. The van der Waals surface area contributed by atoms with Crippen molar-refractivity contribution in [3.05, 3.63) is 59.9 Å². The SMILES string of the molecule is CC(C)N(Cc1cccc(N)c1)C(=O)c1ccncc1. The largest absolute Gasteiger partial charge is 0.399 e. The van der Waals surface area contributed by atoms with Crippen LogP contribution >= 0.6 is 0 Å². The smallest absolute Gasteiger partial charge is 0.254 e. The number of hydrogen-bond donors (Lipinski definition) is 1. The molecule has 1 aromatic heterocycles. The lowest BCUT2D eigenvalue weighted by atomic mass is 10.1. The maximum atomic E-state index is 12.5. The first kappa shape index (κ1) is 14.1. The van der Waals surface area contributed by atoms with E-state index in [4.69, 9.17) is 5.73 Å². The summed E-state index contributed by atoms with van der Waals surface area (Å²) in [5, 5.41) is 0. The average Bonchev–Trinajstić information content (AvgIpc) is 2.45. The molecule has 0 radical (unpaired) electrons.